The zero-order chi connectivity index (χ0) is 13.0. The van der Waals surface area contributed by atoms with Crippen molar-refractivity contribution in [2.24, 2.45) is 15.9 Å². The molecule has 0 aromatic carbocycles. The molecule has 5 heteroatoms. The summed E-state index contributed by atoms with van der Waals surface area (Å²) < 4.78 is 0. The van der Waals surface area contributed by atoms with Gasteiger partial charge in [0.05, 0.1) is 0 Å². The number of amides is 2. The number of hydrogen-bond acceptors (Lipinski definition) is 2. The molecule has 1 N–H and O–H groups in total. The molecule has 1 aliphatic heterocycles. The Labute approximate surface area is 108 Å². The third kappa shape index (κ3) is 3.42. The van der Waals surface area contributed by atoms with Crippen molar-refractivity contribution in [3.05, 3.63) is 11.8 Å². The van der Waals surface area contributed by atoms with Gasteiger partial charge in [0.2, 0.25) is 0 Å². The number of nitrogens with one attached hydrogen (secondary N) is 1. The van der Waals surface area contributed by atoms with Gasteiger partial charge < -0.3 is 10.2 Å². The molecule has 0 radical (unpaired) electrons. The van der Waals surface area contributed by atoms with Crippen LogP contribution in [0.2, 0.25) is 0 Å². The second kappa shape index (κ2) is 5.80. The van der Waals surface area contributed by atoms with Crippen molar-refractivity contribution in [2.75, 3.05) is 19.6 Å². The summed E-state index contributed by atoms with van der Waals surface area (Å²) in [5.41, 5.74) is 1.16. The Balaban J connectivity index is 1.81. The summed E-state index contributed by atoms with van der Waals surface area (Å²) in [6, 6.07) is 0.0396. The zero-order valence-electron chi connectivity index (χ0n) is 10.9. The van der Waals surface area contributed by atoms with Gasteiger partial charge in [0.25, 0.3) is 0 Å². The molecule has 0 aromatic heterocycles. The molecule has 2 amide bonds. The van der Waals surface area contributed by atoms with E-state index < -0.39 is 0 Å². The highest BCUT2D eigenvalue weighted by Gasteiger charge is 2.26. The highest BCUT2D eigenvalue weighted by molar-refractivity contribution is 5.90. The number of nitrogens with zero attached hydrogens (tertiary/aromatic N) is 3. The lowest BCUT2D eigenvalue weighted by Gasteiger charge is -2.13. The second-order valence-corrected chi connectivity index (χ2v) is 4.86. The number of amidine groups is 1. The fourth-order valence-electron chi connectivity index (χ4n) is 1.89. The lowest BCUT2D eigenvalue weighted by Crippen LogP contribution is -2.29. The normalized spacial score (nSPS) is 21.2. The van der Waals surface area contributed by atoms with Gasteiger partial charge in [-0.05, 0) is 32.9 Å². The van der Waals surface area contributed by atoms with Crippen LogP contribution in [0.25, 0.3) is 0 Å². The molecule has 2 aliphatic rings. The van der Waals surface area contributed by atoms with Crippen LogP contribution in [0.3, 0.4) is 0 Å². The van der Waals surface area contributed by atoms with Crippen LogP contribution in [0.4, 0.5) is 4.79 Å². The van der Waals surface area contributed by atoms with E-state index in [1.165, 1.54) is 12.8 Å². The molecule has 2 rings (SSSR count). The van der Waals surface area contributed by atoms with E-state index in [-0.39, 0.29) is 6.03 Å². The van der Waals surface area contributed by atoms with Gasteiger partial charge in [0, 0.05) is 31.8 Å². The van der Waals surface area contributed by atoms with Crippen LogP contribution in [-0.4, -0.2) is 43.1 Å². The summed E-state index contributed by atoms with van der Waals surface area (Å²) in [6.07, 6.45) is 5.07. The first-order valence-electron chi connectivity index (χ1n) is 6.43. The van der Waals surface area contributed by atoms with E-state index in [9.17, 15) is 4.79 Å². The van der Waals surface area contributed by atoms with E-state index in [1.54, 1.807) is 0 Å². The molecule has 1 saturated carbocycles. The van der Waals surface area contributed by atoms with Crippen molar-refractivity contribution in [1.29, 1.82) is 0 Å². The van der Waals surface area contributed by atoms with Gasteiger partial charge in [-0.3, -0.25) is 0 Å². The van der Waals surface area contributed by atoms with Crippen molar-refractivity contribution in [3.8, 4) is 0 Å². The van der Waals surface area contributed by atoms with Crippen molar-refractivity contribution < 1.29 is 4.79 Å². The third-order valence-electron chi connectivity index (χ3n) is 3.24. The Bertz CT molecular complexity index is 396. The minimum absolute atomic E-state index is 0.0396. The van der Waals surface area contributed by atoms with E-state index in [1.807, 2.05) is 18.0 Å². The van der Waals surface area contributed by atoms with E-state index in [0.717, 1.165) is 37.5 Å². The molecule has 98 valence electrons. The van der Waals surface area contributed by atoms with Crippen LogP contribution in [0.15, 0.2) is 21.8 Å². The summed E-state index contributed by atoms with van der Waals surface area (Å²) >= 11 is 0. The molecule has 1 heterocycles. The van der Waals surface area contributed by atoms with E-state index in [4.69, 9.17) is 0 Å². The molecule has 5 nitrogen and oxygen atoms in total. The van der Waals surface area contributed by atoms with Gasteiger partial charge in [-0.15, -0.1) is 0 Å². The first kappa shape index (κ1) is 12.8. The largest absolute Gasteiger partial charge is 0.336 e. The van der Waals surface area contributed by atoms with Gasteiger partial charge in [0.1, 0.15) is 5.84 Å². The van der Waals surface area contributed by atoms with Crippen LogP contribution in [-0.2, 0) is 0 Å². The fourth-order valence-corrected chi connectivity index (χ4v) is 1.89. The molecule has 0 aromatic rings. The molecule has 18 heavy (non-hydrogen) atoms. The van der Waals surface area contributed by atoms with Gasteiger partial charge in [-0.1, -0.05) is 5.57 Å². The van der Waals surface area contributed by atoms with Crippen LogP contribution in [0.5, 0.6) is 0 Å². The molecule has 0 bridgehead atoms. The van der Waals surface area contributed by atoms with Gasteiger partial charge in [-0.2, -0.15) is 0 Å². The SMILES string of the molecule is C=NC(=N/C=C(\C)CCN1CCNC1=O)C1CC1. The maximum absolute atomic E-state index is 11.3. The lowest BCUT2D eigenvalue weighted by molar-refractivity contribution is 0.218. The van der Waals surface area contributed by atoms with E-state index >= 15 is 0 Å². The maximum Gasteiger partial charge on any atom is 0.317 e. The van der Waals surface area contributed by atoms with Gasteiger partial charge >= 0.3 is 6.03 Å². The third-order valence-corrected chi connectivity index (χ3v) is 3.24. The highest BCUT2D eigenvalue weighted by atomic mass is 16.2. The van der Waals surface area contributed by atoms with E-state index in [0.29, 0.717) is 5.92 Å². The molecule has 0 spiro atoms. The first-order valence-corrected chi connectivity index (χ1v) is 6.43. The Morgan fingerprint density at radius 1 is 1.61 bits per heavy atom. The number of carbonyl (C=O) groups is 1. The number of aliphatic imine (C=N–C) groups is 2. The summed E-state index contributed by atoms with van der Waals surface area (Å²) in [4.78, 5) is 21.5. The Morgan fingerprint density at radius 2 is 2.39 bits per heavy atom. The Morgan fingerprint density at radius 3 is 2.94 bits per heavy atom. The number of carbonyl (C=O) groups excluding carboxylic acids is 1. The second-order valence-electron chi connectivity index (χ2n) is 4.86. The van der Waals surface area contributed by atoms with Crippen molar-refractivity contribution in [1.82, 2.24) is 10.2 Å². The number of rotatable bonds is 5. The topological polar surface area (TPSA) is 57.1 Å². The predicted molar refractivity (Wildman–Crippen MR) is 73.1 cm³/mol. The summed E-state index contributed by atoms with van der Waals surface area (Å²) in [5.74, 6) is 1.38. The molecular weight excluding hydrogens is 228 g/mol. The van der Waals surface area contributed by atoms with Crippen molar-refractivity contribution in [2.45, 2.75) is 26.2 Å². The average Bonchev–Trinajstić information content (AvgIpc) is 3.11. The highest BCUT2D eigenvalue weighted by Crippen LogP contribution is 2.31. The predicted octanol–water partition coefficient (Wildman–Crippen LogP) is 1.81. The smallest absolute Gasteiger partial charge is 0.317 e. The van der Waals surface area contributed by atoms with Crippen LogP contribution < -0.4 is 5.32 Å². The van der Waals surface area contributed by atoms with Gasteiger partial charge in [0.15, 0.2) is 0 Å². The molecule has 0 atom stereocenters. The van der Waals surface area contributed by atoms with Crippen molar-refractivity contribution in [3.63, 3.8) is 0 Å². The maximum atomic E-state index is 11.3. The molecule has 2 fully saturated rings. The molecule has 1 saturated heterocycles. The van der Waals surface area contributed by atoms with Gasteiger partial charge in [-0.25, -0.2) is 14.8 Å². The minimum atomic E-state index is 0.0396. The number of urea groups is 1. The monoisotopic (exact) mass is 248 g/mol. The summed E-state index contributed by atoms with van der Waals surface area (Å²) in [5, 5.41) is 2.79. The molecular formula is C13H20N4O. The molecule has 1 aliphatic carbocycles. The van der Waals surface area contributed by atoms with Crippen molar-refractivity contribution >= 4 is 18.6 Å². The van der Waals surface area contributed by atoms with Crippen LogP contribution in [0, 0.1) is 5.92 Å². The first-order chi connectivity index (χ1) is 8.70. The minimum Gasteiger partial charge on any atom is -0.336 e. The lowest BCUT2D eigenvalue weighted by atomic mass is 10.2. The summed E-state index contributed by atoms with van der Waals surface area (Å²) in [6.45, 7) is 7.89. The Hall–Kier alpha value is -1.65. The van der Waals surface area contributed by atoms with E-state index in [2.05, 4.69) is 22.0 Å². The Kier molecular flexibility index (Phi) is 4.12. The summed E-state index contributed by atoms with van der Waals surface area (Å²) in [7, 11) is 0. The van der Waals surface area contributed by atoms with Crippen LogP contribution in [0.1, 0.15) is 26.2 Å². The quantitative estimate of drug-likeness (QED) is 0.585. The number of hydrogen-bond donors (Lipinski definition) is 1. The average molecular weight is 248 g/mol. The molecule has 0 unspecified atom stereocenters. The van der Waals surface area contributed by atoms with Crippen LogP contribution >= 0.6 is 0 Å². The standard InChI is InChI=1S/C13H20N4O/c1-10(5-7-17-8-6-15-13(17)18)9-16-12(14-2)11-3-4-11/h9,11H,2-8H2,1H3,(H,15,18)/b10-9+,16-12?. The fraction of sp³-hybridized carbons (Fsp3) is 0.615. The zero-order valence-corrected chi connectivity index (χ0v) is 10.9.